The summed E-state index contributed by atoms with van der Waals surface area (Å²) in [5.41, 5.74) is 4.92. The molecule has 1 heterocycles. The Morgan fingerprint density at radius 2 is 1.87 bits per heavy atom. The molecule has 1 unspecified atom stereocenters. The van der Waals surface area contributed by atoms with E-state index in [0.717, 1.165) is 30.5 Å². The van der Waals surface area contributed by atoms with Crippen molar-refractivity contribution in [3.63, 3.8) is 0 Å². The van der Waals surface area contributed by atoms with Gasteiger partial charge >= 0.3 is 0 Å². The van der Waals surface area contributed by atoms with Crippen molar-refractivity contribution in [1.82, 2.24) is 5.32 Å². The standard InChI is InChI=1S/C25H25FN2O2/c1-3-16-11-13-17(14-12-16)23-22(25(30)28-19-8-5-4-7-18(19)26)15(2)27-20-9-6-10-21(29)24(20)23/h4-5,7-8,11-14,23,27H,3,6,9-10H2,1-2H3,(H,28,30). The summed E-state index contributed by atoms with van der Waals surface area (Å²) in [4.78, 5) is 26.2. The average Bonchev–Trinajstić information content (AvgIpc) is 2.74. The molecular weight excluding hydrogens is 379 g/mol. The monoisotopic (exact) mass is 404 g/mol. The largest absolute Gasteiger partial charge is 0.362 e. The van der Waals surface area contributed by atoms with Crippen LogP contribution < -0.4 is 10.6 Å². The van der Waals surface area contributed by atoms with Gasteiger partial charge in [-0.2, -0.15) is 0 Å². The van der Waals surface area contributed by atoms with Gasteiger partial charge in [-0.3, -0.25) is 9.59 Å². The van der Waals surface area contributed by atoms with Gasteiger partial charge in [0, 0.05) is 34.9 Å². The zero-order chi connectivity index (χ0) is 21.3. The Balaban J connectivity index is 1.79. The first-order valence-corrected chi connectivity index (χ1v) is 10.4. The number of amides is 1. The third-order valence-corrected chi connectivity index (χ3v) is 5.86. The Bertz CT molecular complexity index is 1070. The molecule has 30 heavy (non-hydrogen) atoms. The molecule has 0 radical (unpaired) electrons. The van der Waals surface area contributed by atoms with Gasteiger partial charge in [-0.25, -0.2) is 4.39 Å². The zero-order valence-electron chi connectivity index (χ0n) is 17.2. The molecule has 1 aliphatic heterocycles. The highest BCUT2D eigenvalue weighted by Gasteiger charge is 2.38. The zero-order valence-corrected chi connectivity index (χ0v) is 17.2. The summed E-state index contributed by atoms with van der Waals surface area (Å²) >= 11 is 0. The van der Waals surface area contributed by atoms with Gasteiger partial charge in [0.05, 0.1) is 5.69 Å². The number of para-hydroxylation sites is 1. The Morgan fingerprint density at radius 3 is 2.57 bits per heavy atom. The van der Waals surface area contributed by atoms with E-state index in [4.69, 9.17) is 0 Å². The van der Waals surface area contributed by atoms with E-state index in [0.29, 0.717) is 23.3 Å². The number of halogens is 1. The summed E-state index contributed by atoms with van der Waals surface area (Å²) in [7, 11) is 0. The molecule has 2 aliphatic rings. The second-order valence-corrected chi connectivity index (χ2v) is 7.79. The number of anilines is 1. The Morgan fingerprint density at radius 1 is 1.13 bits per heavy atom. The molecule has 154 valence electrons. The maximum absolute atomic E-state index is 14.1. The van der Waals surface area contributed by atoms with Crippen molar-refractivity contribution in [2.45, 2.75) is 45.4 Å². The number of ketones is 1. The molecule has 1 atom stereocenters. The lowest BCUT2D eigenvalue weighted by Gasteiger charge is -2.34. The number of carbonyl (C=O) groups excluding carboxylic acids is 2. The molecular formula is C25H25FN2O2. The van der Waals surface area contributed by atoms with Crippen molar-refractivity contribution in [3.8, 4) is 0 Å². The van der Waals surface area contributed by atoms with Crippen LogP contribution in [0.1, 0.15) is 50.2 Å². The van der Waals surface area contributed by atoms with Crippen molar-refractivity contribution >= 4 is 17.4 Å². The minimum absolute atomic E-state index is 0.0667. The van der Waals surface area contributed by atoms with Gasteiger partial charge in [-0.1, -0.05) is 43.3 Å². The first-order chi connectivity index (χ1) is 14.5. The summed E-state index contributed by atoms with van der Waals surface area (Å²) < 4.78 is 14.1. The number of carbonyl (C=O) groups is 2. The average molecular weight is 404 g/mol. The number of dihydropyridines is 1. The van der Waals surface area contributed by atoms with E-state index < -0.39 is 17.6 Å². The van der Waals surface area contributed by atoms with E-state index >= 15 is 0 Å². The van der Waals surface area contributed by atoms with Gasteiger partial charge in [0.15, 0.2) is 5.78 Å². The fraction of sp³-hybridized carbons (Fsp3) is 0.280. The van der Waals surface area contributed by atoms with E-state index in [2.05, 4.69) is 17.6 Å². The minimum Gasteiger partial charge on any atom is -0.362 e. The molecule has 0 aromatic heterocycles. The minimum atomic E-state index is -0.495. The first-order valence-electron chi connectivity index (χ1n) is 10.4. The number of hydrogen-bond acceptors (Lipinski definition) is 3. The maximum atomic E-state index is 14.1. The molecule has 2 N–H and O–H groups in total. The van der Waals surface area contributed by atoms with Crippen molar-refractivity contribution < 1.29 is 14.0 Å². The van der Waals surface area contributed by atoms with Gasteiger partial charge in [0.2, 0.25) is 0 Å². The van der Waals surface area contributed by atoms with Crippen molar-refractivity contribution in [2.24, 2.45) is 0 Å². The van der Waals surface area contributed by atoms with Crippen LogP contribution in [0.5, 0.6) is 0 Å². The van der Waals surface area contributed by atoms with Crippen molar-refractivity contribution in [1.29, 1.82) is 0 Å². The topological polar surface area (TPSA) is 58.2 Å². The highest BCUT2D eigenvalue weighted by molar-refractivity contribution is 6.09. The molecule has 0 saturated heterocycles. The summed E-state index contributed by atoms with van der Waals surface area (Å²) in [6.45, 7) is 3.93. The van der Waals surface area contributed by atoms with Gasteiger partial charge in [0.1, 0.15) is 5.82 Å². The molecule has 1 aliphatic carbocycles. The van der Waals surface area contributed by atoms with Gasteiger partial charge in [-0.05, 0) is 49.4 Å². The Hall–Kier alpha value is -3.21. The molecule has 0 bridgehead atoms. The Kier molecular flexibility index (Phi) is 5.53. The van der Waals surface area contributed by atoms with E-state index in [-0.39, 0.29) is 11.5 Å². The summed E-state index contributed by atoms with van der Waals surface area (Å²) in [5, 5.41) is 5.98. The quantitative estimate of drug-likeness (QED) is 0.754. The molecule has 4 nitrogen and oxygen atoms in total. The smallest absolute Gasteiger partial charge is 0.254 e. The van der Waals surface area contributed by atoms with Crippen LogP contribution in [0.3, 0.4) is 0 Å². The lowest BCUT2D eigenvalue weighted by atomic mass is 9.75. The Labute approximate surface area is 175 Å². The summed E-state index contributed by atoms with van der Waals surface area (Å²) in [6.07, 6.45) is 2.97. The van der Waals surface area contributed by atoms with Crippen LogP contribution in [0.4, 0.5) is 10.1 Å². The van der Waals surface area contributed by atoms with Gasteiger partial charge in [-0.15, -0.1) is 0 Å². The number of aryl methyl sites for hydroxylation is 1. The fourth-order valence-corrected chi connectivity index (χ4v) is 4.32. The van der Waals surface area contributed by atoms with Gasteiger partial charge < -0.3 is 10.6 Å². The highest BCUT2D eigenvalue weighted by atomic mass is 19.1. The van der Waals surface area contributed by atoms with E-state index in [1.54, 1.807) is 12.1 Å². The van der Waals surface area contributed by atoms with Crippen molar-refractivity contribution in [2.75, 3.05) is 5.32 Å². The molecule has 4 rings (SSSR count). The lowest BCUT2D eigenvalue weighted by Crippen LogP contribution is -2.35. The molecule has 0 fully saturated rings. The molecule has 0 saturated carbocycles. The third kappa shape index (κ3) is 3.67. The van der Waals surface area contributed by atoms with Crippen LogP contribution in [0.2, 0.25) is 0 Å². The molecule has 2 aromatic rings. The lowest BCUT2D eigenvalue weighted by molar-refractivity contribution is -0.116. The fourth-order valence-electron chi connectivity index (χ4n) is 4.32. The summed E-state index contributed by atoms with van der Waals surface area (Å²) in [6, 6.07) is 14.1. The normalized spacial score (nSPS) is 18.8. The number of benzene rings is 2. The number of rotatable bonds is 4. The van der Waals surface area contributed by atoms with Crippen LogP contribution in [0, 0.1) is 5.82 Å². The van der Waals surface area contributed by atoms with Crippen LogP contribution in [0.25, 0.3) is 0 Å². The third-order valence-electron chi connectivity index (χ3n) is 5.86. The molecule has 5 heteroatoms. The van der Waals surface area contributed by atoms with Crippen LogP contribution in [-0.4, -0.2) is 11.7 Å². The second kappa shape index (κ2) is 8.27. The predicted octanol–water partition coefficient (Wildman–Crippen LogP) is 4.99. The number of nitrogens with one attached hydrogen (secondary N) is 2. The number of hydrogen-bond donors (Lipinski definition) is 2. The van der Waals surface area contributed by atoms with Crippen molar-refractivity contribution in [3.05, 3.63) is 88.0 Å². The molecule has 1 amide bonds. The maximum Gasteiger partial charge on any atom is 0.254 e. The predicted molar refractivity (Wildman–Crippen MR) is 115 cm³/mol. The summed E-state index contributed by atoms with van der Waals surface area (Å²) in [5.74, 6) is -1.30. The first kappa shape index (κ1) is 20.1. The number of Topliss-reactive ketones (excluding diaryl/α,β-unsaturated/α-hetero) is 1. The van der Waals surface area contributed by atoms with E-state index in [1.807, 2.05) is 31.2 Å². The highest BCUT2D eigenvalue weighted by Crippen LogP contribution is 2.42. The SMILES string of the molecule is CCc1ccc(C2C(C(=O)Nc3ccccc3F)=C(C)NC3=C2C(=O)CCC3)cc1. The molecule has 2 aromatic carbocycles. The van der Waals surface area contributed by atoms with E-state index in [1.165, 1.54) is 17.7 Å². The van der Waals surface area contributed by atoms with E-state index in [9.17, 15) is 14.0 Å². The molecule has 0 spiro atoms. The number of allylic oxidation sites excluding steroid dienone is 3. The van der Waals surface area contributed by atoms with Crippen LogP contribution in [0.15, 0.2) is 71.1 Å². The van der Waals surface area contributed by atoms with Crippen LogP contribution >= 0.6 is 0 Å². The second-order valence-electron chi connectivity index (χ2n) is 7.79. The van der Waals surface area contributed by atoms with Gasteiger partial charge in [0.25, 0.3) is 5.91 Å². The van der Waals surface area contributed by atoms with Crippen LogP contribution in [-0.2, 0) is 16.0 Å².